The Morgan fingerprint density at radius 2 is 1.47 bits per heavy atom. The van der Waals surface area contributed by atoms with Gasteiger partial charge in [-0.25, -0.2) is 0 Å². The third-order valence-electron chi connectivity index (χ3n) is 7.11. The van der Waals surface area contributed by atoms with Gasteiger partial charge in [0.1, 0.15) is 5.75 Å². The number of nitrogens with zero attached hydrogens (tertiary/aromatic N) is 3. The lowest BCUT2D eigenvalue weighted by Gasteiger charge is -2.43. The van der Waals surface area contributed by atoms with E-state index in [9.17, 15) is 9.59 Å². The highest BCUT2D eigenvalue weighted by atomic mass is 16.5. The molecule has 0 N–H and O–H groups in total. The summed E-state index contributed by atoms with van der Waals surface area (Å²) in [6.45, 7) is 3.03. The molecule has 0 spiro atoms. The molecule has 194 valence electrons. The second-order valence-corrected chi connectivity index (χ2v) is 9.14. The van der Waals surface area contributed by atoms with Gasteiger partial charge in [0.2, 0.25) is 17.6 Å². The summed E-state index contributed by atoms with van der Waals surface area (Å²) in [5.74, 6) is 1.67. The standard InChI is InChI=1S/C27H35N3O6/c1-28-12-14-29(15-13-28)27(32)21-10-11-24(31)30(25(21)18-6-8-20(33-2)9-7-18)19-16-22(34-3)26(36-5)23(17-19)35-4/h6-9,16-17,21,25H,10-15H2,1-5H3. The van der Waals surface area contributed by atoms with E-state index in [-0.39, 0.29) is 18.2 Å². The van der Waals surface area contributed by atoms with Crippen molar-refractivity contribution in [2.24, 2.45) is 5.92 Å². The van der Waals surface area contributed by atoms with Gasteiger partial charge >= 0.3 is 0 Å². The molecule has 2 atom stereocenters. The smallest absolute Gasteiger partial charge is 0.228 e. The van der Waals surface area contributed by atoms with Crippen LogP contribution in [0, 0.1) is 5.92 Å². The van der Waals surface area contributed by atoms with Gasteiger partial charge in [-0.2, -0.15) is 0 Å². The summed E-state index contributed by atoms with van der Waals surface area (Å²) in [5.41, 5.74) is 1.45. The molecule has 2 saturated heterocycles. The maximum Gasteiger partial charge on any atom is 0.228 e. The summed E-state index contributed by atoms with van der Waals surface area (Å²) in [4.78, 5) is 33.2. The highest BCUT2D eigenvalue weighted by molar-refractivity contribution is 5.98. The van der Waals surface area contributed by atoms with E-state index in [4.69, 9.17) is 18.9 Å². The molecule has 2 aromatic carbocycles. The lowest BCUT2D eigenvalue weighted by atomic mass is 9.82. The molecular weight excluding hydrogens is 462 g/mol. The molecule has 36 heavy (non-hydrogen) atoms. The van der Waals surface area contributed by atoms with Gasteiger partial charge in [-0.3, -0.25) is 9.59 Å². The first-order valence-electron chi connectivity index (χ1n) is 12.1. The van der Waals surface area contributed by atoms with Crippen LogP contribution in [0.2, 0.25) is 0 Å². The van der Waals surface area contributed by atoms with Gasteiger partial charge in [0, 0.05) is 44.7 Å². The summed E-state index contributed by atoms with van der Waals surface area (Å²) in [6, 6.07) is 10.6. The molecule has 2 heterocycles. The number of methoxy groups -OCH3 is 4. The summed E-state index contributed by atoms with van der Waals surface area (Å²) in [6.07, 6.45) is 0.759. The number of anilines is 1. The maximum absolute atomic E-state index is 13.9. The number of piperazine rings is 1. The average Bonchev–Trinajstić information content (AvgIpc) is 2.92. The number of piperidine rings is 1. The topological polar surface area (TPSA) is 80.8 Å². The average molecular weight is 498 g/mol. The Morgan fingerprint density at radius 3 is 2.00 bits per heavy atom. The number of carbonyl (C=O) groups is 2. The number of carbonyl (C=O) groups excluding carboxylic acids is 2. The van der Waals surface area contributed by atoms with Crippen LogP contribution in [0.25, 0.3) is 0 Å². The molecule has 2 aliphatic rings. The van der Waals surface area contributed by atoms with Crippen molar-refractivity contribution < 1.29 is 28.5 Å². The van der Waals surface area contributed by atoms with Crippen LogP contribution < -0.4 is 23.8 Å². The van der Waals surface area contributed by atoms with Crippen molar-refractivity contribution in [1.29, 1.82) is 0 Å². The van der Waals surface area contributed by atoms with Crippen molar-refractivity contribution in [2.45, 2.75) is 18.9 Å². The van der Waals surface area contributed by atoms with Crippen LogP contribution in [0.3, 0.4) is 0 Å². The lowest BCUT2D eigenvalue weighted by molar-refractivity contribution is -0.139. The molecule has 0 bridgehead atoms. The van der Waals surface area contributed by atoms with Crippen LogP contribution in [0.4, 0.5) is 5.69 Å². The summed E-state index contributed by atoms with van der Waals surface area (Å²) >= 11 is 0. The van der Waals surface area contributed by atoms with Gasteiger partial charge in [-0.1, -0.05) is 12.1 Å². The highest BCUT2D eigenvalue weighted by Gasteiger charge is 2.43. The van der Waals surface area contributed by atoms with Crippen LogP contribution >= 0.6 is 0 Å². The number of hydrogen-bond acceptors (Lipinski definition) is 7. The van der Waals surface area contributed by atoms with Crippen molar-refractivity contribution >= 4 is 17.5 Å². The van der Waals surface area contributed by atoms with Crippen molar-refractivity contribution in [2.75, 3.05) is 66.6 Å². The first-order chi connectivity index (χ1) is 17.4. The minimum atomic E-state index is -0.493. The number of benzene rings is 2. The molecule has 2 unspecified atom stereocenters. The van der Waals surface area contributed by atoms with Gasteiger partial charge < -0.3 is 33.6 Å². The predicted molar refractivity (Wildman–Crippen MR) is 136 cm³/mol. The highest BCUT2D eigenvalue weighted by Crippen LogP contribution is 2.46. The van der Waals surface area contributed by atoms with Crippen molar-refractivity contribution in [3.05, 3.63) is 42.0 Å². The molecule has 9 heteroatoms. The number of amides is 2. The van der Waals surface area contributed by atoms with E-state index in [0.717, 1.165) is 18.7 Å². The minimum Gasteiger partial charge on any atom is -0.497 e. The largest absolute Gasteiger partial charge is 0.497 e. The van der Waals surface area contributed by atoms with Crippen LogP contribution in [0.15, 0.2) is 36.4 Å². The Hall–Kier alpha value is -3.46. The number of ether oxygens (including phenoxy) is 4. The monoisotopic (exact) mass is 497 g/mol. The van der Waals surface area contributed by atoms with E-state index in [1.807, 2.05) is 29.2 Å². The normalized spacial score (nSPS) is 20.8. The molecule has 2 fully saturated rings. The molecule has 9 nitrogen and oxygen atoms in total. The van der Waals surface area contributed by atoms with Crippen LogP contribution in [-0.2, 0) is 9.59 Å². The second kappa shape index (κ2) is 11.1. The summed E-state index contributed by atoms with van der Waals surface area (Å²) < 4.78 is 21.9. The third-order valence-corrected chi connectivity index (χ3v) is 7.11. The predicted octanol–water partition coefficient (Wildman–Crippen LogP) is 2.98. The SMILES string of the molecule is COc1ccc(C2C(C(=O)N3CCN(C)CC3)CCC(=O)N2c2cc(OC)c(OC)c(OC)c2)cc1. The van der Waals surface area contributed by atoms with Gasteiger partial charge in [0.15, 0.2) is 11.5 Å². The molecule has 0 aliphatic carbocycles. The van der Waals surface area contributed by atoms with E-state index in [1.54, 1.807) is 38.4 Å². The third kappa shape index (κ3) is 4.93. The quantitative estimate of drug-likeness (QED) is 0.582. The van der Waals surface area contributed by atoms with Crippen LogP contribution in [0.1, 0.15) is 24.4 Å². The minimum absolute atomic E-state index is 0.0625. The Labute approximate surface area is 212 Å². The molecule has 2 amide bonds. The second-order valence-electron chi connectivity index (χ2n) is 9.14. The fourth-order valence-electron chi connectivity index (χ4n) is 5.11. The fourth-order valence-corrected chi connectivity index (χ4v) is 5.11. The Balaban J connectivity index is 1.81. The number of likely N-dealkylation sites (N-methyl/N-ethyl adjacent to an activating group) is 1. The zero-order valence-electron chi connectivity index (χ0n) is 21.7. The van der Waals surface area contributed by atoms with Crippen molar-refractivity contribution in [3.63, 3.8) is 0 Å². The van der Waals surface area contributed by atoms with Gasteiger partial charge in [0.05, 0.1) is 46.1 Å². The molecule has 2 aromatic rings. The molecule has 0 saturated carbocycles. The Kier molecular flexibility index (Phi) is 7.88. The fraction of sp³-hybridized carbons (Fsp3) is 0.481. The number of hydrogen-bond donors (Lipinski definition) is 0. The first-order valence-corrected chi connectivity index (χ1v) is 12.1. The zero-order chi connectivity index (χ0) is 25.8. The van der Waals surface area contributed by atoms with E-state index in [0.29, 0.717) is 48.2 Å². The van der Waals surface area contributed by atoms with E-state index in [1.165, 1.54) is 7.11 Å². The van der Waals surface area contributed by atoms with Gasteiger partial charge in [-0.05, 0) is 31.2 Å². The maximum atomic E-state index is 13.9. The molecule has 2 aliphatic heterocycles. The summed E-state index contributed by atoms with van der Waals surface area (Å²) in [7, 11) is 8.30. The lowest BCUT2D eigenvalue weighted by Crippen LogP contribution is -2.53. The molecule has 0 aromatic heterocycles. The molecular formula is C27H35N3O6. The van der Waals surface area contributed by atoms with Crippen molar-refractivity contribution in [3.8, 4) is 23.0 Å². The summed E-state index contributed by atoms with van der Waals surface area (Å²) in [5, 5.41) is 0. The zero-order valence-corrected chi connectivity index (χ0v) is 21.7. The number of rotatable bonds is 7. The van der Waals surface area contributed by atoms with E-state index < -0.39 is 12.0 Å². The van der Waals surface area contributed by atoms with Crippen LogP contribution in [0.5, 0.6) is 23.0 Å². The van der Waals surface area contributed by atoms with Crippen molar-refractivity contribution in [1.82, 2.24) is 9.80 Å². The van der Waals surface area contributed by atoms with Crippen LogP contribution in [-0.4, -0.2) is 83.3 Å². The van der Waals surface area contributed by atoms with Gasteiger partial charge in [-0.15, -0.1) is 0 Å². The first kappa shape index (κ1) is 25.6. The molecule has 0 radical (unpaired) electrons. The van der Waals surface area contributed by atoms with E-state index >= 15 is 0 Å². The van der Waals surface area contributed by atoms with E-state index in [2.05, 4.69) is 11.9 Å². The Morgan fingerprint density at radius 1 is 0.861 bits per heavy atom. The van der Waals surface area contributed by atoms with Gasteiger partial charge in [0.25, 0.3) is 0 Å². The Bertz CT molecular complexity index is 1060. The molecule has 4 rings (SSSR count).